The van der Waals surface area contributed by atoms with Crippen LogP contribution in [0.1, 0.15) is 24.5 Å². The molecule has 1 unspecified atom stereocenters. The van der Waals surface area contributed by atoms with Crippen molar-refractivity contribution in [1.82, 2.24) is 10.1 Å². The van der Waals surface area contributed by atoms with Crippen molar-refractivity contribution in [3.8, 4) is 17.2 Å². The van der Waals surface area contributed by atoms with Crippen LogP contribution in [0.3, 0.4) is 0 Å². The molecule has 2 aromatic rings. The molecule has 1 atom stereocenters. The van der Waals surface area contributed by atoms with Crippen LogP contribution < -0.4 is 4.74 Å². The van der Waals surface area contributed by atoms with E-state index in [1.165, 1.54) is 0 Å². The summed E-state index contributed by atoms with van der Waals surface area (Å²) in [4.78, 5) is 4.29. The van der Waals surface area contributed by atoms with E-state index in [0.717, 1.165) is 22.2 Å². The fourth-order valence-corrected chi connectivity index (χ4v) is 1.95. The highest BCUT2D eigenvalue weighted by Gasteiger charge is 2.17. The lowest BCUT2D eigenvalue weighted by atomic mass is 10.2. The number of halogens is 2. The number of nitrogens with zero attached hydrogens (tertiary/aromatic N) is 2. The van der Waals surface area contributed by atoms with Crippen molar-refractivity contribution in [2.75, 3.05) is 7.11 Å². The van der Waals surface area contributed by atoms with Crippen LogP contribution in [0.2, 0.25) is 0 Å². The van der Waals surface area contributed by atoms with Crippen molar-refractivity contribution in [1.29, 1.82) is 0 Å². The lowest BCUT2D eigenvalue weighted by Gasteiger charge is -2.03. The van der Waals surface area contributed by atoms with Crippen molar-refractivity contribution >= 4 is 27.5 Å². The predicted octanol–water partition coefficient (Wildman–Crippen LogP) is 4.20. The van der Waals surface area contributed by atoms with E-state index in [2.05, 4.69) is 26.1 Å². The van der Waals surface area contributed by atoms with E-state index in [-0.39, 0.29) is 5.38 Å². The van der Waals surface area contributed by atoms with E-state index in [0.29, 0.717) is 11.7 Å². The fourth-order valence-electron chi connectivity index (χ4n) is 1.45. The average molecular weight is 332 g/mol. The van der Waals surface area contributed by atoms with Gasteiger partial charge in [0, 0.05) is 4.47 Å². The Hall–Kier alpha value is -1.07. The fraction of sp³-hybridized carbons (Fsp3) is 0.333. The van der Waals surface area contributed by atoms with E-state index < -0.39 is 0 Å². The Bertz CT molecular complexity index is 545. The number of rotatable bonds is 4. The van der Waals surface area contributed by atoms with E-state index in [1.807, 2.05) is 25.1 Å². The first-order valence-corrected chi connectivity index (χ1v) is 6.70. The molecule has 0 spiro atoms. The number of ether oxygens (including phenoxy) is 1. The Balaban J connectivity index is 2.39. The smallest absolute Gasteiger partial charge is 0.259 e. The van der Waals surface area contributed by atoms with Gasteiger partial charge in [0.1, 0.15) is 5.75 Å². The van der Waals surface area contributed by atoms with E-state index in [4.69, 9.17) is 20.9 Å². The van der Waals surface area contributed by atoms with Gasteiger partial charge in [0.05, 0.1) is 18.1 Å². The summed E-state index contributed by atoms with van der Waals surface area (Å²) < 4.78 is 11.3. The standard InChI is InChI=1S/C12H12BrClN2O2/c1-3-10(14)11-15-12(18-16-11)8-6-7(17-2)4-5-9(8)13/h4-6,10H,3H2,1-2H3. The third kappa shape index (κ3) is 2.67. The van der Waals surface area contributed by atoms with Gasteiger partial charge in [-0.15, -0.1) is 11.6 Å². The van der Waals surface area contributed by atoms with E-state index >= 15 is 0 Å². The van der Waals surface area contributed by atoms with Crippen LogP contribution in [0, 0.1) is 0 Å². The maximum absolute atomic E-state index is 6.07. The van der Waals surface area contributed by atoms with Crippen LogP contribution in [-0.4, -0.2) is 17.3 Å². The lowest BCUT2D eigenvalue weighted by Crippen LogP contribution is -1.91. The van der Waals surface area contributed by atoms with Gasteiger partial charge in [0.2, 0.25) is 0 Å². The van der Waals surface area contributed by atoms with Crippen molar-refractivity contribution in [2.24, 2.45) is 0 Å². The Morgan fingerprint density at radius 3 is 2.94 bits per heavy atom. The largest absolute Gasteiger partial charge is 0.497 e. The molecule has 0 radical (unpaired) electrons. The number of aromatic nitrogens is 2. The van der Waals surface area contributed by atoms with E-state index in [9.17, 15) is 0 Å². The van der Waals surface area contributed by atoms with Crippen molar-refractivity contribution < 1.29 is 9.26 Å². The van der Waals surface area contributed by atoms with Crippen LogP contribution in [0.5, 0.6) is 5.75 Å². The normalized spacial score (nSPS) is 12.4. The van der Waals surface area contributed by atoms with Crippen LogP contribution in [0.4, 0.5) is 0 Å². The molecule has 0 aliphatic carbocycles. The number of alkyl halides is 1. The molecule has 0 saturated heterocycles. The first-order valence-electron chi connectivity index (χ1n) is 5.47. The van der Waals surface area contributed by atoms with Gasteiger partial charge in [0.15, 0.2) is 5.82 Å². The Labute approximate surface area is 118 Å². The summed E-state index contributed by atoms with van der Waals surface area (Å²) in [6.07, 6.45) is 0.750. The van der Waals surface area contributed by atoms with Crippen molar-refractivity contribution in [2.45, 2.75) is 18.7 Å². The van der Waals surface area contributed by atoms with Crippen LogP contribution >= 0.6 is 27.5 Å². The second-order valence-corrected chi connectivity index (χ2v) is 5.06. The molecule has 0 aliphatic heterocycles. The zero-order valence-corrected chi connectivity index (χ0v) is 12.3. The van der Waals surface area contributed by atoms with Crippen molar-refractivity contribution in [3.63, 3.8) is 0 Å². The number of methoxy groups -OCH3 is 1. The lowest BCUT2D eigenvalue weighted by molar-refractivity contribution is 0.411. The van der Waals surface area contributed by atoms with E-state index in [1.54, 1.807) is 7.11 Å². The van der Waals surface area contributed by atoms with Gasteiger partial charge in [-0.05, 0) is 40.5 Å². The molecular weight excluding hydrogens is 320 g/mol. The van der Waals surface area contributed by atoms with Gasteiger partial charge < -0.3 is 9.26 Å². The summed E-state index contributed by atoms with van der Waals surface area (Å²) >= 11 is 9.51. The van der Waals surface area contributed by atoms with Crippen LogP contribution in [0.25, 0.3) is 11.5 Å². The summed E-state index contributed by atoms with van der Waals surface area (Å²) in [6.45, 7) is 1.97. The molecule has 2 rings (SSSR count). The summed E-state index contributed by atoms with van der Waals surface area (Å²) in [5, 5.41) is 3.65. The minimum atomic E-state index is -0.230. The average Bonchev–Trinajstić information content (AvgIpc) is 2.88. The van der Waals surface area contributed by atoms with Gasteiger partial charge in [-0.3, -0.25) is 0 Å². The molecule has 96 valence electrons. The van der Waals surface area contributed by atoms with Gasteiger partial charge in [-0.2, -0.15) is 4.98 Å². The predicted molar refractivity (Wildman–Crippen MR) is 72.9 cm³/mol. The highest BCUT2D eigenvalue weighted by Crippen LogP contribution is 2.32. The second-order valence-electron chi connectivity index (χ2n) is 3.68. The Morgan fingerprint density at radius 1 is 1.50 bits per heavy atom. The summed E-state index contributed by atoms with van der Waals surface area (Å²) in [6, 6.07) is 5.55. The van der Waals surface area contributed by atoms with Gasteiger partial charge in [-0.1, -0.05) is 12.1 Å². The number of hydrogen-bond donors (Lipinski definition) is 0. The summed E-state index contributed by atoms with van der Waals surface area (Å²) in [5.74, 6) is 1.66. The molecule has 0 bridgehead atoms. The zero-order chi connectivity index (χ0) is 13.1. The van der Waals surface area contributed by atoms with Crippen LogP contribution in [-0.2, 0) is 0 Å². The number of hydrogen-bond acceptors (Lipinski definition) is 4. The zero-order valence-electron chi connectivity index (χ0n) is 9.98. The molecule has 18 heavy (non-hydrogen) atoms. The monoisotopic (exact) mass is 330 g/mol. The molecule has 0 fully saturated rings. The molecule has 6 heteroatoms. The Morgan fingerprint density at radius 2 is 2.28 bits per heavy atom. The quantitative estimate of drug-likeness (QED) is 0.788. The molecule has 1 heterocycles. The Kier molecular flexibility index (Phi) is 4.24. The molecule has 4 nitrogen and oxygen atoms in total. The SMILES string of the molecule is CCC(Cl)c1noc(-c2cc(OC)ccc2Br)n1. The second kappa shape index (κ2) is 5.71. The third-order valence-electron chi connectivity index (χ3n) is 2.48. The first kappa shape index (κ1) is 13.4. The third-order valence-corrected chi connectivity index (χ3v) is 3.68. The maximum atomic E-state index is 6.07. The highest BCUT2D eigenvalue weighted by atomic mass is 79.9. The molecular formula is C12H12BrClN2O2. The van der Waals surface area contributed by atoms with Crippen molar-refractivity contribution in [3.05, 3.63) is 28.5 Å². The first-order chi connectivity index (χ1) is 8.65. The molecule has 0 amide bonds. The summed E-state index contributed by atoms with van der Waals surface area (Å²) in [5.41, 5.74) is 0.785. The highest BCUT2D eigenvalue weighted by molar-refractivity contribution is 9.10. The molecule has 0 saturated carbocycles. The van der Waals surface area contributed by atoms with Crippen LogP contribution in [0.15, 0.2) is 27.2 Å². The van der Waals surface area contributed by atoms with Gasteiger partial charge >= 0.3 is 0 Å². The maximum Gasteiger partial charge on any atom is 0.259 e. The van der Waals surface area contributed by atoms with Gasteiger partial charge in [-0.25, -0.2) is 0 Å². The molecule has 0 N–H and O–H groups in total. The minimum Gasteiger partial charge on any atom is -0.497 e. The molecule has 1 aromatic carbocycles. The molecule has 0 aliphatic rings. The number of benzene rings is 1. The van der Waals surface area contributed by atoms with Gasteiger partial charge in [0.25, 0.3) is 5.89 Å². The topological polar surface area (TPSA) is 48.2 Å². The summed E-state index contributed by atoms with van der Waals surface area (Å²) in [7, 11) is 1.61. The minimum absolute atomic E-state index is 0.230. The molecule has 1 aromatic heterocycles.